The molecule has 4 rings (SSSR count). The zero-order chi connectivity index (χ0) is 22.7. The van der Waals surface area contributed by atoms with Gasteiger partial charge in [-0.05, 0) is 37.0 Å². The first-order valence-corrected chi connectivity index (χ1v) is 12.5. The fourth-order valence-electron chi connectivity index (χ4n) is 3.81. The van der Waals surface area contributed by atoms with Crippen LogP contribution in [0.25, 0.3) is 11.4 Å². The van der Waals surface area contributed by atoms with Crippen molar-refractivity contribution < 1.29 is 12.9 Å². The van der Waals surface area contributed by atoms with E-state index in [0.29, 0.717) is 55.3 Å². The summed E-state index contributed by atoms with van der Waals surface area (Å²) in [6, 6.07) is 15.3. The lowest BCUT2D eigenvalue weighted by atomic mass is 9.99. The summed E-state index contributed by atoms with van der Waals surface area (Å²) in [5, 5.41) is 4.08. The summed E-state index contributed by atoms with van der Waals surface area (Å²) in [4.78, 5) is 7.00. The second-order valence-electron chi connectivity index (χ2n) is 8.44. The Balaban J connectivity index is 1.35. The van der Waals surface area contributed by atoms with Crippen LogP contribution in [0.3, 0.4) is 0 Å². The molecule has 32 heavy (non-hydrogen) atoms. The summed E-state index contributed by atoms with van der Waals surface area (Å²) < 4.78 is 33.1. The molecule has 1 aliphatic heterocycles. The lowest BCUT2D eigenvalue weighted by Crippen LogP contribution is -2.48. The molecule has 1 fully saturated rings. The summed E-state index contributed by atoms with van der Waals surface area (Å²) in [6.45, 7) is 8.94. The number of aryl methyl sites for hydroxylation is 1. The smallest absolute Gasteiger partial charge is 0.243 e. The van der Waals surface area contributed by atoms with Crippen molar-refractivity contribution in [1.82, 2.24) is 19.3 Å². The van der Waals surface area contributed by atoms with Crippen LogP contribution >= 0.6 is 0 Å². The van der Waals surface area contributed by atoms with E-state index in [1.54, 1.807) is 16.4 Å². The number of benzene rings is 2. The van der Waals surface area contributed by atoms with Gasteiger partial charge in [-0.25, -0.2) is 8.42 Å². The minimum atomic E-state index is -3.49. The molecule has 0 aliphatic carbocycles. The molecule has 1 atom stereocenters. The van der Waals surface area contributed by atoms with Gasteiger partial charge in [0.1, 0.15) is 0 Å². The highest BCUT2D eigenvalue weighted by molar-refractivity contribution is 7.89. The van der Waals surface area contributed by atoms with Crippen molar-refractivity contribution in [2.45, 2.75) is 44.6 Å². The molecule has 2 heterocycles. The maximum absolute atomic E-state index is 13.1. The van der Waals surface area contributed by atoms with Crippen molar-refractivity contribution in [2.75, 3.05) is 26.2 Å². The first kappa shape index (κ1) is 22.6. The van der Waals surface area contributed by atoms with Crippen LogP contribution in [0.2, 0.25) is 0 Å². The van der Waals surface area contributed by atoms with E-state index in [4.69, 9.17) is 4.52 Å². The Labute approximate surface area is 190 Å². The Morgan fingerprint density at radius 2 is 1.66 bits per heavy atom. The number of nitrogens with zero attached hydrogens (tertiary/aromatic N) is 4. The van der Waals surface area contributed by atoms with Gasteiger partial charge in [-0.1, -0.05) is 61.0 Å². The molecule has 7 nitrogen and oxygen atoms in total. The molecule has 0 saturated carbocycles. The van der Waals surface area contributed by atoms with Crippen LogP contribution in [0, 0.1) is 6.92 Å². The summed E-state index contributed by atoms with van der Waals surface area (Å²) in [7, 11) is -3.49. The third-order valence-corrected chi connectivity index (χ3v) is 8.08. The van der Waals surface area contributed by atoms with Gasteiger partial charge in [-0.3, -0.25) is 4.90 Å². The van der Waals surface area contributed by atoms with Crippen LogP contribution in [0.1, 0.15) is 43.2 Å². The van der Waals surface area contributed by atoms with Crippen LogP contribution in [-0.4, -0.2) is 53.9 Å². The Hall–Kier alpha value is -2.55. The molecule has 0 unspecified atom stereocenters. The quantitative estimate of drug-likeness (QED) is 0.536. The molecule has 0 radical (unpaired) electrons. The minimum absolute atomic E-state index is 0.359. The van der Waals surface area contributed by atoms with E-state index in [1.807, 2.05) is 43.3 Å². The standard InChI is InChI=1S/C24H30N4O3S/c1-4-19(3)20-9-11-22(12-10-20)32(29,30)28-15-13-27(14-16-28)17-23-25-24(26-31-23)21-7-5-18(2)6-8-21/h5-12,19H,4,13-17H2,1-3H3/t19-/m0/s1. The maximum atomic E-state index is 13.1. The molecular weight excluding hydrogens is 424 g/mol. The predicted molar refractivity (Wildman–Crippen MR) is 124 cm³/mol. The van der Waals surface area contributed by atoms with Crippen molar-refractivity contribution in [3.63, 3.8) is 0 Å². The Bertz CT molecular complexity index is 1130. The van der Waals surface area contributed by atoms with Crippen LogP contribution in [0.4, 0.5) is 0 Å². The lowest BCUT2D eigenvalue weighted by molar-refractivity contribution is 0.163. The van der Waals surface area contributed by atoms with E-state index in [2.05, 4.69) is 28.9 Å². The minimum Gasteiger partial charge on any atom is -0.338 e. The highest BCUT2D eigenvalue weighted by atomic mass is 32.2. The number of hydrogen-bond acceptors (Lipinski definition) is 6. The number of hydrogen-bond donors (Lipinski definition) is 0. The largest absolute Gasteiger partial charge is 0.338 e. The van der Waals surface area contributed by atoms with Crippen LogP contribution in [0.15, 0.2) is 57.9 Å². The third-order valence-electron chi connectivity index (χ3n) is 6.17. The van der Waals surface area contributed by atoms with Gasteiger partial charge in [0.2, 0.25) is 21.7 Å². The van der Waals surface area contributed by atoms with E-state index in [1.165, 1.54) is 11.1 Å². The van der Waals surface area contributed by atoms with Gasteiger partial charge >= 0.3 is 0 Å². The average Bonchev–Trinajstić information content (AvgIpc) is 3.28. The summed E-state index contributed by atoms with van der Waals surface area (Å²) in [6.07, 6.45) is 1.03. The first-order chi connectivity index (χ1) is 15.4. The molecule has 8 heteroatoms. The zero-order valence-electron chi connectivity index (χ0n) is 18.9. The molecule has 0 bridgehead atoms. The van der Waals surface area contributed by atoms with E-state index < -0.39 is 10.0 Å². The van der Waals surface area contributed by atoms with Gasteiger partial charge in [0.05, 0.1) is 11.4 Å². The fourth-order valence-corrected chi connectivity index (χ4v) is 5.23. The Kier molecular flexibility index (Phi) is 6.74. The van der Waals surface area contributed by atoms with E-state index in [-0.39, 0.29) is 0 Å². The summed E-state index contributed by atoms with van der Waals surface area (Å²) in [5.41, 5.74) is 3.26. The van der Waals surface area contributed by atoms with Crippen molar-refractivity contribution in [1.29, 1.82) is 0 Å². The van der Waals surface area contributed by atoms with Crippen molar-refractivity contribution >= 4 is 10.0 Å². The molecule has 0 N–H and O–H groups in total. The fraction of sp³-hybridized carbons (Fsp3) is 0.417. The van der Waals surface area contributed by atoms with E-state index >= 15 is 0 Å². The lowest BCUT2D eigenvalue weighted by Gasteiger charge is -2.33. The van der Waals surface area contributed by atoms with Gasteiger partial charge in [0.15, 0.2) is 0 Å². The second kappa shape index (κ2) is 9.52. The molecule has 1 aromatic heterocycles. The molecule has 2 aromatic carbocycles. The number of sulfonamides is 1. The normalized spacial score (nSPS) is 16.8. The molecular formula is C24H30N4O3S. The SMILES string of the molecule is CC[C@H](C)c1ccc(S(=O)(=O)N2CCN(Cc3nc(-c4ccc(C)cc4)no3)CC2)cc1. The van der Waals surface area contributed by atoms with Crippen LogP contribution in [0.5, 0.6) is 0 Å². The van der Waals surface area contributed by atoms with Gasteiger partial charge in [-0.15, -0.1) is 0 Å². The molecule has 1 aliphatic rings. The average molecular weight is 455 g/mol. The van der Waals surface area contributed by atoms with Crippen molar-refractivity contribution in [3.8, 4) is 11.4 Å². The highest BCUT2D eigenvalue weighted by Crippen LogP contribution is 2.23. The van der Waals surface area contributed by atoms with Crippen LogP contribution < -0.4 is 0 Å². The number of piperazine rings is 1. The number of aromatic nitrogens is 2. The van der Waals surface area contributed by atoms with Crippen molar-refractivity contribution in [2.24, 2.45) is 0 Å². The molecule has 0 spiro atoms. The molecule has 0 amide bonds. The Morgan fingerprint density at radius 1 is 1.00 bits per heavy atom. The van der Waals surface area contributed by atoms with Gasteiger partial charge in [0.25, 0.3) is 0 Å². The van der Waals surface area contributed by atoms with E-state index in [9.17, 15) is 8.42 Å². The zero-order valence-corrected chi connectivity index (χ0v) is 19.7. The van der Waals surface area contributed by atoms with Crippen LogP contribution in [-0.2, 0) is 16.6 Å². The maximum Gasteiger partial charge on any atom is 0.243 e. The Morgan fingerprint density at radius 3 is 2.28 bits per heavy atom. The highest BCUT2D eigenvalue weighted by Gasteiger charge is 2.29. The molecule has 170 valence electrons. The van der Waals surface area contributed by atoms with Gasteiger partial charge in [-0.2, -0.15) is 9.29 Å². The summed E-state index contributed by atoms with van der Waals surface area (Å²) >= 11 is 0. The summed E-state index contributed by atoms with van der Waals surface area (Å²) in [5.74, 6) is 1.53. The van der Waals surface area contributed by atoms with Crippen molar-refractivity contribution in [3.05, 3.63) is 65.5 Å². The second-order valence-corrected chi connectivity index (χ2v) is 10.4. The third kappa shape index (κ3) is 4.92. The number of rotatable bonds is 7. The first-order valence-electron chi connectivity index (χ1n) is 11.1. The monoisotopic (exact) mass is 454 g/mol. The van der Waals surface area contributed by atoms with Gasteiger partial charge in [0, 0.05) is 31.7 Å². The van der Waals surface area contributed by atoms with Gasteiger partial charge < -0.3 is 4.52 Å². The topological polar surface area (TPSA) is 79.5 Å². The molecule has 1 saturated heterocycles. The molecule has 3 aromatic rings. The van der Waals surface area contributed by atoms with E-state index in [0.717, 1.165) is 12.0 Å². The predicted octanol–water partition coefficient (Wildman–Crippen LogP) is 4.07.